The topological polar surface area (TPSA) is 50.7 Å². The molecule has 1 fully saturated rings. The van der Waals surface area contributed by atoms with Crippen LogP contribution in [0.25, 0.3) is 16.8 Å². The molecule has 3 aromatic rings. The summed E-state index contributed by atoms with van der Waals surface area (Å²) in [5.74, 6) is 0.598. The molecule has 3 aromatic carbocycles. The van der Waals surface area contributed by atoms with Crippen molar-refractivity contribution < 1.29 is 9.53 Å². The predicted molar refractivity (Wildman–Crippen MR) is 127 cm³/mol. The van der Waals surface area contributed by atoms with Crippen LogP contribution in [0.4, 0.5) is 5.69 Å². The Labute approximate surface area is 185 Å². The average Bonchev–Trinajstić information content (AvgIpc) is 3.09. The Hall–Kier alpha value is -2.76. The lowest BCUT2D eigenvalue weighted by molar-refractivity contribution is -0.115. The van der Waals surface area contributed by atoms with Gasteiger partial charge in [0.1, 0.15) is 5.75 Å². The van der Waals surface area contributed by atoms with E-state index in [1.54, 1.807) is 0 Å². The van der Waals surface area contributed by atoms with E-state index in [0.29, 0.717) is 21.7 Å². The highest BCUT2D eigenvalue weighted by Crippen LogP contribution is 2.35. The lowest BCUT2D eigenvalue weighted by Crippen LogP contribution is -2.19. The van der Waals surface area contributed by atoms with Gasteiger partial charge in [-0.15, -0.1) is 0 Å². The van der Waals surface area contributed by atoms with Crippen LogP contribution in [-0.2, 0) is 4.79 Å². The molecule has 1 N–H and O–H groups in total. The van der Waals surface area contributed by atoms with Crippen LogP contribution in [0.3, 0.4) is 0 Å². The largest absolute Gasteiger partial charge is 0.493 e. The first kappa shape index (κ1) is 20.5. The van der Waals surface area contributed by atoms with Crippen molar-refractivity contribution in [1.82, 2.24) is 5.32 Å². The number of fused-ring (bicyclic) bond motifs is 1. The van der Waals surface area contributed by atoms with Crippen LogP contribution in [-0.4, -0.2) is 17.7 Å². The maximum atomic E-state index is 12.6. The number of ether oxygens (including phenoxy) is 1. The number of carbonyl (C=O) groups is 1. The van der Waals surface area contributed by atoms with Gasteiger partial charge < -0.3 is 10.1 Å². The van der Waals surface area contributed by atoms with Gasteiger partial charge in [0.2, 0.25) is 0 Å². The van der Waals surface area contributed by atoms with E-state index in [9.17, 15) is 4.79 Å². The third-order valence-corrected chi connectivity index (χ3v) is 6.10. The van der Waals surface area contributed by atoms with E-state index in [1.165, 1.54) is 11.8 Å². The van der Waals surface area contributed by atoms with Gasteiger partial charge in [-0.2, -0.15) is 0 Å². The van der Waals surface area contributed by atoms with Crippen molar-refractivity contribution in [3.63, 3.8) is 0 Å². The molecule has 0 radical (unpaired) electrons. The highest BCUT2D eigenvalue weighted by atomic mass is 35.5. The van der Waals surface area contributed by atoms with Crippen LogP contribution in [0.2, 0.25) is 5.02 Å². The molecule has 1 aliphatic rings. The van der Waals surface area contributed by atoms with Gasteiger partial charge in [-0.25, -0.2) is 4.99 Å². The van der Waals surface area contributed by atoms with Gasteiger partial charge in [0.25, 0.3) is 5.91 Å². The minimum atomic E-state index is -0.173. The van der Waals surface area contributed by atoms with E-state index in [-0.39, 0.29) is 5.91 Å². The molecule has 0 unspecified atom stereocenters. The number of amidine groups is 1. The average molecular weight is 437 g/mol. The van der Waals surface area contributed by atoms with Crippen LogP contribution in [0.1, 0.15) is 24.5 Å². The summed E-state index contributed by atoms with van der Waals surface area (Å²) in [6.45, 7) is 4.60. The zero-order valence-electron chi connectivity index (χ0n) is 16.7. The van der Waals surface area contributed by atoms with Crippen molar-refractivity contribution in [3.05, 3.63) is 75.7 Å². The Morgan fingerprint density at radius 3 is 2.80 bits per heavy atom. The Morgan fingerprint density at radius 2 is 1.97 bits per heavy atom. The smallest absolute Gasteiger partial charge is 0.264 e. The predicted octanol–water partition coefficient (Wildman–Crippen LogP) is 6.48. The van der Waals surface area contributed by atoms with Crippen LogP contribution in [0.15, 0.2) is 64.5 Å². The number of halogens is 1. The maximum Gasteiger partial charge on any atom is 0.264 e. The number of amides is 1. The van der Waals surface area contributed by atoms with Crippen LogP contribution < -0.4 is 10.1 Å². The Morgan fingerprint density at radius 1 is 1.13 bits per heavy atom. The SMILES string of the molecule is CCCOc1ccc2ccccc2c1/C=C1\SC(=Nc2cccc(Cl)c2C)NC1=O. The summed E-state index contributed by atoms with van der Waals surface area (Å²) < 4.78 is 5.96. The molecule has 0 bridgehead atoms. The van der Waals surface area contributed by atoms with Gasteiger partial charge in [0, 0.05) is 10.6 Å². The molecule has 6 heteroatoms. The number of rotatable bonds is 5. The summed E-state index contributed by atoms with van der Waals surface area (Å²) in [5.41, 5.74) is 2.52. The van der Waals surface area contributed by atoms with E-state index < -0.39 is 0 Å². The molecule has 4 nitrogen and oxygen atoms in total. The molecular formula is C24H21ClN2O2S. The van der Waals surface area contributed by atoms with Gasteiger partial charge in [-0.1, -0.05) is 54.9 Å². The highest BCUT2D eigenvalue weighted by molar-refractivity contribution is 8.18. The molecule has 0 spiro atoms. The fourth-order valence-corrected chi connectivity index (χ4v) is 4.19. The molecule has 0 aliphatic carbocycles. The van der Waals surface area contributed by atoms with Gasteiger partial charge in [-0.3, -0.25) is 4.79 Å². The standard InChI is InChI=1S/C24H21ClN2O2S/c1-3-13-29-21-12-11-16-7-4-5-8-17(16)18(21)14-22-23(28)27-24(30-22)26-20-10-6-9-19(25)15(20)2/h4-12,14H,3,13H2,1-2H3,(H,26,27,28)/b22-14-. The molecule has 152 valence electrons. The van der Waals surface area contributed by atoms with Crippen LogP contribution >= 0.6 is 23.4 Å². The van der Waals surface area contributed by atoms with E-state index >= 15 is 0 Å². The van der Waals surface area contributed by atoms with E-state index in [1.807, 2.05) is 61.5 Å². The molecule has 30 heavy (non-hydrogen) atoms. The summed E-state index contributed by atoms with van der Waals surface area (Å²) in [6.07, 6.45) is 2.80. The Balaban J connectivity index is 1.73. The van der Waals surface area contributed by atoms with Crippen molar-refractivity contribution in [2.45, 2.75) is 20.3 Å². The highest BCUT2D eigenvalue weighted by Gasteiger charge is 2.25. The quantitative estimate of drug-likeness (QED) is 0.465. The van der Waals surface area contributed by atoms with Gasteiger partial charge in [0.15, 0.2) is 5.17 Å². The zero-order valence-corrected chi connectivity index (χ0v) is 18.3. The molecular weight excluding hydrogens is 416 g/mol. The number of nitrogens with zero attached hydrogens (tertiary/aromatic N) is 1. The first-order valence-corrected chi connectivity index (χ1v) is 11.0. The van der Waals surface area contributed by atoms with Crippen molar-refractivity contribution >= 4 is 57.0 Å². The summed E-state index contributed by atoms with van der Waals surface area (Å²) in [6, 6.07) is 17.6. The number of thioether (sulfide) groups is 1. The monoisotopic (exact) mass is 436 g/mol. The molecule has 4 rings (SSSR count). The molecule has 1 amide bonds. The summed E-state index contributed by atoms with van der Waals surface area (Å²) in [4.78, 5) is 17.8. The number of carbonyl (C=O) groups excluding carboxylic acids is 1. The zero-order chi connectivity index (χ0) is 21.1. The first-order chi connectivity index (χ1) is 14.6. The number of hydrogen-bond acceptors (Lipinski definition) is 4. The van der Waals surface area contributed by atoms with Crippen molar-refractivity contribution in [2.24, 2.45) is 4.99 Å². The number of benzene rings is 3. The van der Waals surface area contributed by atoms with Gasteiger partial charge >= 0.3 is 0 Å². The van der Waals surface area contributed by atoms with Crippen LogP contribution in [0.5, 0.6) is 5.75 Å². The van der Waals surface area contributed by atoms with E-state index in [2.05, 4.69) is 23.3 Å². The third kappa shape index (κ3) is 4.23. The second kappa shape index (κ2) is 8.94. The van der Waals surface area contributed by atoms with Crippen molar-refractivity contribution in [3.8, 4) is 5.75 Å². The minimum Gasteiger partial charge on any atom is -0.493 e. The first-order valence-electron chi connectivity index (χ1n) is 9.76. The number of hydrogen-bond donors (Lipinski definition) is 1. The summed E-state index contributed by atoms with van der Waals surface area (Å²) in [5, 5.41) is 6.18. The molecule has 0 aromatic heterocycles. The van der Waals surface area contributed by atoms with Gasteiger partial charge in [0.05, 0.1) is 17.2 Å². The summed E-state index contributed by atoms with van der Waals surface area (Å²) >= 11 is 7.51. The van der Waals surface area contributed by atoms with E-state index in [4.69, 9.17) is 16.3 Å². The summed E-state index contributed by atoms with van der Waals surface area (Å²) in [7, 11) is 0. The van der Waals surface area contributed by atoms with E-state index in [0.717, 1.165) is 39.8 Å². The fourth-order valence-electron chi connectivity index (χ4n) is 3.20. The van der Waals surface area contributed by atoms with Crippen molar-refractivity contribution in [2.75, 3.05) is 6.61 Å². The number of nitrogens with one attached hydrogen (secondary N) is 1. The molecule has 1 saturated heterocycles. The minimum absolute atomic E-state index is 0.173. The molecule has 0 atom stereocenters. The number of aliphatic imine (C=N–C) groups is 1. The second-order valence-electron chi connectivity index (χ2n) is 6.91. The Kier molecular flexibility index (Phi) is 6.11. The lowest BCUT2D eigenvalue weighted by atomic mass is 10.0. The molecule has 0 saturated carbocycles. The normalized spacial score (nSPS) is 16.4. The van der Waals surface area contributed by atoms with Gasteiger partial charge in [-0.05, 0) is 65.7 Å². The maximum absolute atomic E-state index is 12.6. The molecule has 1 aliphatic heterocycles. The van der Waals surface area contributed by atoms with Crippen molar-refractivity contribution in [1.29, 1.82) is 0 Å². The fraction of sp³-hybridized carbons (Fsp3) is 0.167. The third-order valence-electron chi connectivity index (χ3n) is 4.78. The Bertz CT molecular complexity index is 1190. The van der Waals surface area contributed by atoms with Crippen LogP contribution in [0, 0.1) is 6.92 Å². The second-order valence-corrected chi connectivity index (χ2v) is 8.35. The molecule has 1 heterocycles. The lowest BCUT2D eigenvalue weighted by Gasteiger charge is -2.11.